The molecule has 21 heavy (non-hydrogen) atoms. The van der Waals surface area contributed by atoms with Crippen molar-refractivity contribution in [2.75, 3.05) is 13.6 Å². The van der Waals surface area contributed by atoms with Crippen LogP contribution in [-0.4, -0.2) is 24.3 Å². The lowest BCUT2D eigenvalue weighted by molar-refractivity contribution is 0.532. The molecule has 0 spiro atoms. The summed E-state index contributed by atoms with van der Waals surface area (Å²) in [5, 5.41) is 8.38. The highest BCUT2D eigenvalue weighted by molar-refractivity contribution is 5.98. The summed E-state index contributed by atoms with van der Waals surface area (Å²) in [6, 6.07) is 14.9. The van der Waals surface area contributed by atoms with E-state index in [9.17, 15) is 0 Å². The van der Waals surface area contributed by atoms with E-state index in [0.29, 0.717) is 5.84 Å². The van der Waals surface area contributed by atoms with Crippen LogP contribution >= 0.6 is 0 Å². The summed E-state index contributed by atoms with van der Waals surface area (Å²) in [5.41, 5.74) is 6.11. The Labute approximate surface area is 127 Å². The molecule has 0 aliphatic carbocycles. The van der Waals surface area contributed by atoms with E-state index in [0.717, 1.165) is 18.5 Å². The topological polar surface area (TPSA) is 27.1 Å². The predicted octanol–water partition coefficient (Wildman–Crippen LogP) is 4.17. The van der Waals surface area contributed by atoms with Gasteiger partial charge in [-0.15, -0.1) is 0 Å². The Morgan fingerprint density at radius 3 is 2.38 bits per heavy atom. The molecule has 1 N–H and O–H groups in total. The molecular formula is C19H24N2. The number of hydrogen-bond donors (Lipinski definition) is 1. The van der Waals surface area contributed by atoms with Gasteiger partial charge in [-0.2, -0.15) is 0 Å². The Bertz CT molecular complexity index is 630. The lowest BCUT2D eigenvalue weighted by Crippen LogP contribution is -2.27. The van der Waals surface area contributed by atoms with Gasteiger partial charge in [0.2, 0.25) is 0 Å². The van der Waals surface area contributed by atoms with Gasteiger partial charge in [0.15, 0.2) is 0 Å². The lowest BCUT2D eigenvalue weighted by atomic mass is 9.93. The quantitative estimate of drug-likeness (QED) is 0.660. The second-order valence-corrected chi connectivity index (χ2v) is 5.62. The van der Waals surface area contributed by atoms with Crippen molar-refractivity contribution < 1.29 is 0 Å². The van der Waals surface area contributed by atoms with E-state index in [1.807, 2.05) is 18.0 Å². The summed E-state index contributed by atoms with van der Waals surface area (Å²) < 4.78 is 0. The molecule has 0 aliphatic rings. The Balaban J connectivity index is 2.39. The molecule has 0 saturated carbocycles. The average Bonchev–Trinajstić information content (AvgIpc) is 2.50. The molecule has 0 heterocycles. The largest absolute Gasteiger partial charge is 0.360 e. The van der Waals surface area contributed by atoms with Crippen molar-refractivity contribution in [2.24, 2.45) is 0 Å². The number of nitrogens with zero attached hydrogens (tertiary/aromatic N) is 1. The summed E-state index contributed by atoms with van der Waals surface area (Å²) in [7, 11) is 1.97. The molecule has 0 unspecified atom stereocenters. The van der Waals surface area contributed by atoms with Gasteiger partial charge in [-0.25, -0.2) is 0 Å². The summed E-state index contributed by atoms with van der Waals surface area (Å²) in [6.07, 6.45) is 0.921. The standard InChI is InChI=1S/C19H24N2/c1-5-21(4)19(20)18-12-14(2)11-17(15(18)3)13-16-9-7-6-8-10-16/h6-12,20H,5,13H2,1-4H3. The molecule has 2 nitrogen and oxygen atoms in total. The van der Waals surface area contributed by atoms with Gasteiger partial charge in [-0.1, -0.05) is 42.0 Å². The molecule has 0 saturated heterocycles. The molecule has 0 atom stereocenters. The van der Waals surface area contributed by atoms with Crippen LogP contribution < -0.4 is 0 Å². The maximum absolute atomic E-state index is 8.38. The van der Waals surface area contributed by atoms with Gasteiger partial charge >= 0.3 is 0 Å². The monoisotopic (exact) mass is 280 g/mol. The third-order valence-electron chi connectivity index (χ3n) is 4.01. The van der Waals surface area contributed by atoms with Crippen LogP contribution in [0, 0.1) is 19.3 Å². The summed E-state index contributed by atoms with van der Waals surface area (Å²) in [6.45, 7) is 7.16. The van der Waals surface area contributed by atoms with Crippen molar-refractivity contribution in [3.63, 3.8) is 0 Å². The Kier molecular flexibility index (Phi) is 4.79. The fourth-order valence-corrected chi connectivity index (χ4v) is 2.54. The fourth-order valence-electron chi connectivity index (χ4n) is 2.54. The Morgan fingerprint density at radius 1 is 1.10 bits per heavy atom. The first-order valence-electron chi connectivity index (χ1n) is 7.47. The number of benzene rings is 2. The smallest absolute Gasteiger partial charge is 0.128 e. The first-order valence-corrected chi connectivity index (χ1v) is 7.47. The van der Waals surface area contributed by atoms with Crippen LogP contribution in [0.25, 0.3) is 0 Å². The van der Waals surface area contributed by atoms with E-state index in [1.165, 1.54) is 22.3 Å². The van der Waals surface area contributed by atoms with Crippen molar-refractivity contribution in [1.29, 1.82) is 5.41 Å². The van der Waals surface area contributed by atoms with Gasteiger partial charge in [0.25, 0.3) is 0 Å². The molecular weight excluding hydrogens is 256 g/mol. The average molecular weight is 280 g/mol. The van der Waals surface area contributed by atoms with Crippen LogP contribution in [-0.2, 0) is 6.42 Å². The molecule has 2 aromatic rings. The third-order valence-corrected chi connectivity index (χ3v) is 4.01. The minimum Gasteiger partial charge on any atom is -0.360 e. The Morgan fingerprint density at radius 2 is 1.76 bits per heavy atom. The van der Waals surface area contributed by atoms with Gasteiger partial charge in [-0.3, -0.25) is 5.41 Å². The molecule has 0 amide bonds. The molecule has 110 valence electrons. The maximum Gasteiger partial charge on any atom is 0.128 e. The first kappa shape index (κ1) is 15.3. The zero-order valence-electron chi connectivity index (χ0n) is 13.4. The molecule has 0 radical (unpaired) electrons. The predicted molar refractivity (Wildman–Crippen MR) is 90.3 cm³/mol. The third kappa shape index (κ3) is 3.52. The molecule has 2 rings (SSSR count). The molecule has 0 fully saturated rings. The van der Waals surface area contributed by atoms with E-state index >= 15 is 0 Å². The highest BCUT2D eigenvalue weighted by Gasteiger charge is 2.13. The van der Waals surface area contributed by atoms with E-state index in [4.69, 9.17) is 5.41 Å². The summed E-state index contributed by atoms with van der Waals surface area (Å²) in [5.74, 6) is 0.605. The highest BCUT2D eigenvalue weighted by atomic mass is 15.1. The number of amidine groups is 1. The van der Waals surface area contributed by atoms with Crippen LogP contribution in [0.1, 0.15) is 34.7 Å². The van der Waals surface area contributed by atoms with E-state index < -0.39 is 0 Å². The van der Waals surface area contributed by atoms with Gasteiger partial charge in [0.05, 0.1) is 0 Å². The van der Waals surface area contributed by atoms with E-state index in [-0.39, 0.29) is 0 Å². The lowest BCUT2D eigenvalue weighted by Gasteiger charge is -2.21. The van der Waals surface area contributed by atoms with Crippen LogP contribution in [0.4, 0.5) is 0 Å². The normalized spacial score (nSPS) is 10.5. The van der Waals surface area contributed by atoms with E-state index in [1.54, 1.807) is 0 Å². The van der Waals surface area contributed by atoms with Crippen LogP contribution in [0.3, 0.4) is 0 Å². The first-order chi connectivity index (χ1) is 10.0. The van der Waals surface area contributed by atoms with Crippen molar-refractivity contribution in [1.82, 2.24) is 4.90 Å². The van der Waals surface area contributed by atoms with Crippen LogP contribution in [0.2, 0.25) is 0 Å². The molecule has 2 aromatic carbocycles. The van der Waals surface area contributed by atoms with Gasteiger partial charge < -0.3 is 4.90 Å². The molecule has 2 heteroatoms. The van der Waals surface area contributed by atoms with Gasteiger partial charge in [0, 0.05) is 19.2 Å². The number of nitrogens with one attached hydrogen (secondary N) is 1. The molecule has 0 aromatic heterocycles. The molecule has 0 aliphatic heterocycles. The minimum absolute atomic E-state index is 0.605. The maximum atomic E-state index is 8.38. The number of rotatable bonds is 4. The highest BCUT2D eigenvalue weighted by Crippen LogP contribution is 2.21. The minimum atomic E-state index is 0.605. The van der Waals surface area contributed by atoms with Crippen molar-refractivity contribution >= 4 is 5.84 Å². The number of hydrogen-bond acceptors (Lipinski definition) is 1. The summed E-state index contributed by atoms with van der Waals surface area (Å²) in [4.78, 5) is 1.98. The SMILES string of the molecule is CCN(C)C(=N)c1cc(C)cc(Cc2ccccc2)c1C. The second kappa shape index (κ2) is 6.57. The van der Waals surface area contributed by atoms with Crippen LogP contribution in [0.5, 0.6) is 0 Å². The summed E-state index contributed by atoms with van der Waals surface area (Å²) >= 11 is 0. The van der Waals surface area contributed by atoms with E-state index in [2.05, 4.69) is 57.2 Å². The van der Waals surface area contributed by atoms with Crippen molar-refractivity contribution in [3.8, 4) is 0 Å². The zero-order valence-corrected chi connectivity index (χ0v) is 13.4. The zero-order chi connectivity index (χ0) is 15.4. The fraction of sp³-hybridized carbons (Fsp3) is 0.316. The van der Waals surface area contributed by atoms with Crippen molar-refractivity contribution in [3.05, 3.63) is 70.3 Å². The van der Waals surface area contributed by atoms with Gasteiger partial charge in [0.1, 0.15) is 5.84 Å². The van der Waals surface area contributed by atoms with Crippen LogP contribution in [0.15, 0.2) is 42.5 Å². The second-order valence-electron chi connectivity index (χ2n) is 5.62. The van der Waals surface area contributed by atoms with Crippen molar-refractivity contribution in [2.45, 2.75) is 27.2 Å². The molecule has 0 bridgehead atoms. The number of aryl methyl sites for hydroxylation is 1. The van der Waals surface area contributed by atoms with Gasteiger partial charge in [-0.05, 0) is 49.9 Å². The Hall–Kier alpha value is -2.09.